The van der Waals surface area contributed by atoms with Gasteiger partial charge in [-0.2, -0.15) is 0 Å². The molecule has 0 saturated carbocycles. The van der Waals surface area contributed by atoms with Gasteiger partial charge in [0.15, 0.2) is 5.82 Å². The number of nitrogen functional groups attached to an aromatic ring is 1. The maximum Gasteiger partial charge on any atom is 0.244 e. The molecule has 4 heterocycles. The van der Waals surface area contributed by atoms with Crippen molar-refractivity contribution in [3.8, 4) is 11.3 Å². The molecule has 1 amide bonds. The van der Waals surface area contributed by atoms with Crippen LogP contribution in [0.5, 0.6) is 0 Å². The minimum Gasteiger partial charge on any atom is -0.382 e. The molecular formula is C25H28Cl2N8O3. The summed E-state index contributed by atoms with van der Waals surface area (Å²) in [7, 11) is 0. The van der Waals surface area contributed by atoms with Gasteiger partial charge in [0.05, 0.1) is 22.4 Å². The number of pyridine rings is 2. The number of halogens is 2. The highest BCUT2D eigenvalue weighted by Crippen LogP contribution is 2.38. The van der Waals surface area contributed by atoms with Crippen LogP contribution in [0.2, 0.25) is 10.0 Å². The summed E-state index contributed by atoms with van der Waals surface area (Å²) in [6.45, 7) is 3.45. The van der Waals surface area contributed by atoms with Gasteiger partial charge in [-0.1, -0.05) is 23.2 Å². The Morgan fingerprint density at radius 3 is 2.53 bits per heavy atom. The third kappa shape index (κ3) is 5.57. The topological polar surface area (TPSA) is 141 Å². The van der Waals surface area contributed by atoms with Crippen molar-refractivity contribution < 1.29 is 15.0 Å². The Morgan fingerprint density at radius 1 is 1.03 bits per heavy atom. The minimum atomic E-state index is -0.0789. The molecule has 2 saturated heterocycles. The second-order valence-electron chi connectivity index (χ2n) is 9.05. The quantitative estimate of drug-likeness (QED) is 0.147. The predicted molar refractivity (Wildman–Crippen MR) is 150 cm³/mol. The number of nitrogens with zero attached hydrogens (tertiary/aromatic N) is 4. The van der Waals surface area contributed by atoms with Crippen molar-refractivity contribution in [1.82, 2.24) is 14.9 Å². The van der Waals surface area contributed by atoms with Gasteiger partial charge in [0.25, 0.3) is 0 Å². The van der Waals surface area contributed by atoms with Gasteiger partial charge >= 0.3 is 0 Å². The predicted octanol–water partition coefficient (Wildman–Crippen LogP) is 4.18. The van der Waals surface area contributed by atoms with Gasteiger partial charge in [-0.05, 0) is 61.9 Å². The molecule has 0 radical (unpaired) electrons. The van der Waals surface area contributed by atoms with Crippen molar-refractivity contribution in [2.24, 2.45) is 0 Å². The molecule has 3 aromatic rings. The largest absolute Gasteiger partial charge is 0.382 e. The molecule has 2 fully saturated rings. The van der Waals surface area contributed by atoms with Crippen LogP contribution in [0.4, 0.5) is 28.8 Å². The lowest BCUT2D eigenvalue weighted by atomic mass is 10.1. The number of carbonyl (C=O) groups is 1. The average molecular weight is 559 g/mol. The smallest absolute Gasteiger partial charge is 0.244 e. The molecule has 11 nitrogen and oxygen atoms in total. The van der Waals surface area contributed by atoms with Crippen LogP contribution >= 0.6 is 23.2 Å². The summed E-state index contributed by atoms with van der Waals surface area (Å²) < 4.78 is 0. The Kier molecular flexibility index (Phi) is 8.01. The zero-order valence-corrected chi connectivity index (χ0v) is 22.0. The molecule has 6 N–H and O–H groups in total. The number of fused-ring (bicyclic) bond motifs is 1. The zero-order chi connectivity index (χ0) is 26.6. The molecule has 5 rings (SSSR count). The van der Waals surface area contributed by atoms with Crippen molar-refractivity contribution in [2.75, 3.05) is 59.5 Å². The van der Waals surface area contributed by atoms with Gasteiger partial charge in [-0.15, -0.1) is 4.99 Å². The molecule has 2 aliphatic heterocycles. The van der Waals surface area contributed by atoms with Crippen LogP contribution in [-0.4, -0.2) is 64.8 Å². The fraction of sp³-hybridized carbons (Fsp3) is 0.320. The second-order valence-corrected chi connectivity index (χ2v) is 9.89. The molecule has 2 aromatic heterocycles. The molecular weight excluding hydrogens is 531 g/mol. The average Bonchev–Trinajstić information content (AvgIpc) is 3.39. The number of rotatable bonds is 9. The first-order valence-corrected chi connectivity index (χ1v) is 13.0. The fourth-order valence-corrected chi connectivity index (χ4v) is 5.37. The standard InChI is InChI=1S/C25H28Cl2N8O3/c26-15-3-4-16(17(27)14-15)23-19(35-13-12-34-11-1-2-20(34)25(35)36)6-8-21(31-23)29-9-10-30-22-7-5-18(33-38-37)24(28)32-22/h3-8,14,20,33,37H,1-2,9-13H2,(H,29,31)(H3,28,30,32). The monoisotopic (exact) mass is 558 g/mol. The van der Waals surface area contributed by atoms with E-state index < -0.39 is 0 Å². The Balaban J connectivity index is 1.33. The maximum atomic E-state index is 13.4. The van der Waals surface area contributed by atoms with Gasteiger partial charge in [-0.25, -0.2) is 20.7 Å². The van der Waals surface area contributed by atoms with Crippen molar-refractivity contribution in [3.63, 3.8) is 0 Å². The number of anilines is 5. The minimum absolute atomic E-state index is 0.0789. The molecule has 0 aliphatic carbocycles. The highest BCUT2D eigenvalue weighted by atomic mass is 35.5. The van der Waals surface area contributed by atoms with Crippen LogP contribution < -0.4 is 26.7 Å². The Bertz CT molecular complexity index is 1330. The van der Waals surface area contributed by atoms with E-state index in [1.165, 1.54) is 0 Å². The summed E-state index contributed by atoms with van der Waals surface area (Å²) in [5.74, 6) is 1.47. The van der Waals surface area contributed by atoms with E-state index in [-0.39, 0.29) is 17.8 Å². The Hall–Kier alpha value is -3.35. The number of piperazine rings is 1. The third-order valence-electron chi connectivity index (χ3n) is 6.69. The van der Waals surface area contributed by atoms with Crippen LogP contribution in [-0.2, 0) is 9.78 Å². The second kappa shape index (κ2) is 11.6. The first-order chi connectivity index (χ1) is 18.4. The highest BCUT2D eigenvalue weighted by Gasteiger charge is 2.39. The summed E-state index contributed by atoms with van der Waals surface area (Å²) in [5.41, 5.74) is 10.5. The SMILES string of the molecule is Nc1nc(NCCNc2ccc(N3CCN4CCCC4C3=O)c(-c3ccc(Cl)cc3Cl)n2)ccc1NOO. The summed E-state index contributed by atoms with van der Waals surface area (Å²) >= 11 is 12.7. The summed E-state index contributed by atoms with van der Waals surface area (Å²) in [6.07, 6.45) is 1.91. The van der Waals surface area contributed by atoms with E-state index in [9.17, 15) is 4.79 Å². The van der Waals surface area contributed by atoms with E-state index in [1.807, 2.05) is 23.1 Å². The lowest BCUT2D eigenvalue weighted by Gasteiger charge is -2.37. The number of amides is 1. The first-order valence-electron chi connectivity index (χ1n) is 12.3. The molecule has 1 unspecified atom stereocenters. The molecule has 1 atom stereocenters. The van der Waals surface area contributed by atoms with E-state index >= 15 is 0 Å². The van der Waals surface area contributed by atoms with E-state index in [2.05, 4.69) is 31.0 Å². The van der Waals surface area contributed by atoms with Crippen LogP contribution in [0, 0.1) is 0 Å². The zero-order valence-electron chi connectivity index (χ0n) is 20.5. The number of benzene rings is 1. The lowest BCUT2D eigenvalue weighted by Crippen LogP contribution is -2.54. The van der Waals surface area contributed by atoms with Gasteiger partial charge in [0.1, 0.15) is 17.3 Å². The molecule has 0 bridgehead atoms. The van der Waals surface area contributed by atoms with Gasteiger partial charge in [0, 0.05) is 36.8 Å². The molecule has 38 heavy (non-hydrogen) atoms. The van der Waals surface area contributed by atoms with Crippen LogP contribution in [0.15, 0.2) is 42.5 Å². The van der Waals surface area contributed by atoms with E-state index in [0.717, 1.165) is 31.6 Å². The van der Waals surface area contributed by atoms with Gasteiger partial charge in [-0.3, -0.25) is 9.69 Å². The van der Waals surface area contributed by atoms with Crippen molar-refractivity contribution in [1.29, 1.82) is 0 Å². The molecule has 200 valence electrons. The fourth-order valence-electron chi connectivity index (χ4n) is 4.87. The summed E-state index contributed by atoms with van der Waals surface area (Å²) in [6, 6.07) is 12.3. The Labute approximate surface area is 229 Å². The molecule has 0 spiro atoms. The van der Waals surface area contributed by atoms with Gasteiger partial charge in [0.2, 0.25) is 5.91 Å². The van der Waals surface area contributed by atoms with Crippen molar-refractivity contribution >= 4 is 57.9 Å². The van der Waals surface area contributed by atoms with Gasteiger partial charge < -0.3 is 21.3 Å². The summed E-state index contributed by atoms with van der Waals surface area (Å²) in [5, 5.41) is 16.0. The Morgan fingerprint density at radius 2 is 1.79 bits per heavy atom. The first kappa shape index (κ1) is 26.3. The molecule has 1 aromatic carbocycles. The number of carbonyl (C=O) groups excluding carboxylic acids is 1. The molecule has 2 aliphatic rings. The maximum absolute atomic E-state index is 13.4. The normalized spacial score (nSPS) is 17.4. The van der Waals surface area contributed by atoms with E-state index in [1.54, 1.807) is 24.3 Å². The number of aromatic nitrogens is 2. The van der Waals surface area contributed by atoms with Crippen LogP contribution in [0.3, 0.4) is 0 Å². The third-order valence-corrected chi connectivity index (χ3v) is 7.24. The highest BCUT2D eigenvalue weighted by molar-refractivity contribution is 6.36. The number of nitrogens with two attached hydrogens (primary N) is 1. The van der Waals surface area contributed by atoms with Crippen LogP contribution in [0.1, 0.15) is 12.8 Å². The summed E-state index contributed by atoms with van der Waals surface area (Å²) in [4.78, 5) is 30.4. The number of nitrogens with one attached hydrogen (secondary N) is 3. The lowest BCUT2D eigenvalue weighted by molar-refractivity contribution is -0.215. The van der Waals surface area contributed by atoms with Crippen LogP contribution in [0.25, 0.3) is 11.3 Å². The number of hydrogen-bond donors (Lipinski definition) is 5. The van der Waals surface area contributed by atoms with Crippen molar-refractivity contribution in [3.05, 3.63) is 52.5 Å². The van der Waals surface area contributed by atoms with Crippen molar-refractivity contribution in [2.45, 2.75) is 18.9 Å². The van der Waals surface area contributed by atoms with E-state index in [4.69, 9.17) is 39.2 Å². The van der Waals surface area contributed by atoms with E-state index in [0.29, 0.717) is 58.3 Å². The molecule has 13 heteroatoms. The number of hydrogen-bond acceptors (Lipinski definition) is 10.